The predicted molar refractivity (Wildman–Crippen MR) is 126 cm³/mol. The lowest BCUT2D eigenvalue weighted by Gasteiger charge is -2.32. The van der Waals surface area contributed by atoms with Gasteiger partial charge < -0.3 is 15.1 Å². The SMILES string of the molecule is CCC(=O)N1CCCC(C(=O)Nc2cc(S(=O)(=O)N(CC)CC)ccc2N2CCCC2)C1. The van der Waals surface area contributed by atoms with Crippen molar-refractivity contribution in [2.45, 2.75) is 57.8 Å². The summed E-state index contributed by atoms with van der Waals surface area (Å²) in [5, 5.41) is 3.02. The molecule has 3 rings (SSSR count). The van der Waals surface area contributed by atoms with Gasteiger partial charge in [0.05, 0.1) is 22.2 Å². The summed E-state index contributed by atoms with van der Waals surface area (Å²) in [5.41, 5.74) is 1.38. The molecule has 0 saturated carbocycles. The molecule has 0 aromatic heterocycles. The van der Waals surface area contributed by atoms with Crippen LogP contribution in [0.5, 0.6) is 0 Å². The molecule has 9 heteroatoms. The molecule has 0 radical (unpaired) electrons. The van der Waals surface area contributed by atoms with Crippen LogP contribution in [0.2, 0.25) is 0 Å². The molecule has 0 spiro atoms. The van der Waals surface area contributed by atoms with Crippen molar-refractivity contribution in [1.29, 1.82) is 0 Å². The van der Waals surface area contributed by atoms with Crippen molar-refractivity contribution in [2.75, 3.05) is 49.5 Å². The Hall–Kier alpha value is -2.13. The van der Waals surface area contributed by atoms with Crippen LogP contribution >= 0.6 is 0 Å². The molecule has 1 aromatic rings. The van der Waals surface area contributed by atoms with Crippen LogP contribution < -0.4 is 10.2 Å². The van der Waals surface area contributed by atoms with Crippen LogP contribution in [0, 0.1) is 5.92 Å². The Balaban J connectivity index is 1.88. The molecular formula is C23H36N4O4S. The Kier molecular flexibility index (Phi) is 8.16. The van der Waals surface area contributed by atoms with Crippen LogP contribution in [0.1, 0.15) is 52.9 Å². The van der Waals surface area contributed by atoms with E-state index >= 15 is 0 Å². The Morgan fingerprint density at radius 1 is 1.06 bits per heavy atom. The predicted octanol–water partition coefficient (Wildman–Crippen LogP) is 2.90. The van der Waals surface area contributed by atoms with E-state index in [0.29, 0.717) is 38.3 Å². The van der Waals surface area contributed by atoms with Crippen molar-refractivity contribution < 1.29 is 18.0 Å². The number of sulfonamides is 1. The number of likely N-dealkylation sites (tertiary alicyclic amines) is 1. The number of anilines is 2. The minimum Gasteiger partial charge on any atom is -0.370 e. The van der Waals surface area contributed by atoms with E-state index in [4.69, 9.17) is 0 Å². The van der Waals surface area contributed by atoms with E-state index in [2.05, 4.69) is 10.2 Å². The molecule has 0 aliphatic carbocycles. The minimum absolute atomic E-state index is 0.0626. The molecule has 2 amide bonds. The van der Waals surface area contributed by atoms with Gasteiger partial charge in [-0.25, -0.2) is 8.42 Å². The number of carbonyl (C=O) groups is 2. The first-order chi connectivity index (χ1) is 15.3. The fourth-order valence-corrected chi connectivity index (χ4v) is 6.08. The lowest BCUT2D eigenvalue weighted by atomic mass is 9.96. The third-order valence-corrected chi connectivity index (χ3v) is 8.51. The molecule has 8 nitrogen and oxygen atoms in total. The maximum Gasteiger partial charge on any atom is 0.243 e. The van der Waals surface area contributed by atoms with Crippen molar-refractivity contribution in [3.8, 4) is 0 Å². The lowest BCUT2D eigenvalue weighted by molar-refractivity contribution is -0.134. The van der Waals surface area contributed by atoms with Crippen molar-refractivity contribution in [2.24, 2.45) is 5.92 Å². The largest absolute Gasteiger partial charge is 0.370 e. The van der Waals surface area contributed by atoms with Gasteiger partial charge in [0, 0.05) is 45.7 Å². The Morgan fingerprint density at radius 2 is 1.75 bits per heavy atom. The van der Waals surface area contributed by atoms with Gasteiger partial charge in [-0.05, 0) is 43.9 Å². The topological polar surface area (TPSA) is 90.0 Å². The van der Waals surface area contributed by atoms with Gasteiger partial charge in [-0.3, -0.25) is 9.59 Å². The number of carbonyl (C=O) groups excluding carboxylic acids is 2. The Labute approximate surface area is 192 Å². The number of nitrogens with zero attached hydrogens (tertiary/aromatic N) is 3. The van der Waals surface area contributed by atoms with Gasteiger partial charge in [0.1, 0.15) is 0 Å². The average Bonchev–Trinajstić information content (AvgIpc) is 3.34. The zero-order valence-electron chi connectivity index (χ0n) is 19.5. The highest BCUT2D eigenvalue weighted by Gasteiger charge is 2.30. The molecule has 32 heavy (non-hydrogen) atoms. The quantitative estimate of drug-likeness (QED) is 0.639. The molecule has 1 atom stereocenters. The van der Waals surface area contributed by atoms with E-state index in [1.165, 1.54) is 4.31 Å². The number of benzene rings is 1. The Morgan fingerprint density at radius 3 is 2.38 bits per heavy atom. The molecular weight excluding hydrogens is 428 g/mol. The van der Waals surface area contributed by atoms with Crippen LogP contribution in [0.25, 0.3) is 0 Å². The summed E-state index contributed by atoms with van der Waals surface area (Å²) in [6, 6.07) is 5.04. The van der Waals surface area contributed by atoms with Crippen molar-refractivity contribution in [3.05, 3.63) is 18.2 Å². The van der Waals surface area contributed by atoms with Gasteiger partial charge in [0.2, 0.25) is 21.8 Å². The van der Waals surface area contributed by atoms with Crippen LogP contribution in [0.15, 0.2) is 23.1 Å². The fraction of sp³-hybridized carbons (Fsp3) is 0.652. The number of rotatable bonds is 8. The lowest BCUT2D eigenvalue weighted by Crippen LogP contribution is -2.43. The molecule has 2 fully saturated rings. The summed E-state index contributed by atoms with van der Waals surface area (Å²) >= 11 is 0. The number of hydrogen-bond acceptors (Lipinski definition) is 5. The first kappa shape index (κ1) is 24.5. The van der Waals surface area contributed by atoms with E-state index in [1.807, 2.05) is 26.8 Å². The third kappa shape index (κ3) is 5.26. The van der Waals surface area contributed by atoms with E-state index in [1.54, 1.807) is 17.0 Å². The highest BCUT2D eigenvalue weighted by molar-refractivity contribution is 7.89. The molecule has 1 N–H and O–H groups in total. The summed E-state index contributed by atoms with van der Waals surface area (Å²) in [6.07, 6.45) is 4.08. The smallest absolute Gasteiger partial charge is 0.243 e. The van der Waals surface area contributed by atoms with E-state index in [0.717, 1.165) is 44.5 Å². The average molecular weight is 465 g/mol. The summed E-state index contributed by atoms with van der Waals surface area (Å²) < 4.78 is 27.6. The minimum atomic E-state index is -3.64. The number of piperidine rings is 1. The fourth-order valence-electron chi connectivity index (χ4n) is 4.60. The van der Waals surface area contributed by atoms with E-state index in [9.17, 15) is 18.0 Å². The van der Waals surface area contributed by atoms with Gasteiger partial charge in [0.25, 0.3) is 0 Å². The van der Waals surface area contributed by atoms with Crippen LogP contribution in [0.3, 0.4) is 0 Å². The molecule has 1 unspecified atom stereocenters. The maximum absolute atomic E-state index is 13.2. The molecule has 2 saturated heterocycles. The highest BCUT2D eigenvalue weighted by Crippen LogP contribution is 2.33. The summed E-state index contributed by atoms with van der Waals surface area (Å²) in [5.74, 6) is -0.391. The molecule has 1 aromatic carbocycles. The molecule has 2 aliphatic rings. The first-order valence-electron chi connectivity index (χ1n) is 11.8. The van der Waals surface area contributed by atoms with Crippen molar-refractivity contribution >= 4 is 33.2 Å². The first-order valence-corrected chi connectivity index (χ1v) is 13.2. The van der Waals surface area contributed by atoms with Crippen LogP contribution in [0.4, 0.5) is 11.4 Å². The zero-order chi connectivity index (χ0) is 23.3. The maximum atomic E-state index is 13.2. The van der Waals surface area contributed by atoms with Crippen molar-refractivity contribution in [1.82, 2.24) is 9.21 Å². The zero-order valence-corrected chi connectivity index (χ0v) is 20.3. The normalized spacial score (nSPS) is 19.4. The molecule has 178 valence electrons. The van der Waals surface area contributed by atoms with E-state index in [-0.39, 0.29) is 22.6 Å². The standard InChI is InChI=1S/C23H36N4O4S/c1-4-22(28)26-15-9-10-18(17-26)23(29)24-20-16-19(32(30,31)27(5-2)6-3)11-12-21(20)25-13-7-8-14-25/h11-12,16,18H,4-10,13-15,17H2,1-3H3,(H,24,29). The Bertz CT molecular complexity index is 924. The van der Waals surface area contributed by atoms with Crippen molar-refractivity contribution in [3.63, 3.8) is 0 Å². The molecule has 0 bridgehead atoms. The number of hydrogen-bond donors (Lipinski definition) is 1. The van der Waals surface area contributed by atoms with Gasteiger partial charge in [-0.15, -0.1) is 0 Å². The second-order valence-corrected chi connectivity index (χ2v) is 10.4. The summed E-state index contributed by atoms with van der Waals surface area (Å²) in [7, 11) is -3.64. The van der Waals surface area contributed by atoms with Gasteiger partial charge in [-0.2, -0.15) is 4.31 Å². The van der Waals surface area contributed by atoms with Gasteiger partial charge in [0.15, 0.2) is 0 Å². The summed E-state index contributed by atoms with van der Waals surface area (Å²) in [4.78, 5) is 29.4. The second kappa shape index (κ2) is 10.7. The number of amides is 2. The van der Waals surface area contributed by atoms with Gasteiger partial charge >= 0.3 is 0 Å². The third-order valence-electron chi connectivity index (χ3n) is 6.46. The second-order valence-electron chi connectivity index (χ2n) is 8.48. The van der Waals surface area contributed by atoms with Crippen LogP contribution in [-0.4, -0.2) is 68.7 Å². The summed E-state index contributed by atoms with van der Waals surface area (Å²) in [6.45, 7) is 9.09. The van der Waals surface area contributed by atoms with Crippen LogP contribution in [-0.2, 0) is 19.6 Å². The van der Waals surface area contributed by atoms with E-state index < -0.39 is 10.0 Å². The molecule has 2 heterocycles. The highest BCUT2D eigenvalue weighted by atomic mass is 32.2. The molecule has 2 aliphatic heterocycles. The monoisotopic (exact) mass is 464 g/mol. The number of nitrogens with one attached hydrogen (secondary N) is 1. The van der Waals surface area contributed by atoms with Gasteiger partial charge in [-0.1, -0.05) is 20.8 Å².